The zero-order valence-electron chi connectivity index (χ0n) is 14.5. The fraction of sp³-hybridized carbons (Fsp3) is 0.500. The molecule has 138 valence electrons. The molecule has 4 rings (SSSR count). The van der Waals surface area contributed by atoms with Crippen LogP contribution in [0.2, 0.25) is 0 Å². The van der Waals surface area contributed by atoms with Crippen molar-refractivity contribution in [2.75, 3.05) is 24.6 Å². The van der Waals surface area contributed by atoms with Gasteiger partial charge in [-0.05, 0) is 18.9 Å². The summed E-state index contributed by atoms with van der Waals surface area (Å²) in [6, 6.07) is 9.97. The molecule has 3 unspecified atom stereocenters. The molecule has 0 N–H and O–H groups in total. The third-order valence-corrected chi connectivity index (χ3v) is 7.07. The molecule has 2 aromatic rings. The summed E-state index contributed by atoms with van der Waals surface area (Å²) in [5.41, 5.74) is 1.11. The molecule has 1 aromatic carbocycles. The number of aryl methyl sites for hydroxylation is 1. The summed E-state index contributed by atoms with van der Waals surface area (Å²) in [7, 11) is -3.09. The van der Waals surface area contributed by atoms with Gasteiger partial charge in [0.1, 0.15) is 0 Å². The van der Waals surface area contributed by atoms with E-state index in [1.807, 2.05) is 30.3 Å². The first-order chi connectivity index (χ1) is 12.4. The quantitative estimate of drug-likeness (QED) is 0.807. The molecular formula is C18H21N3O4S. The van der Waals surface area contributed by atoms with Crippen molar-refractivity contribution < 1.29 is 17.7 Å². The minimum atomic E-state index is -3.09. The van der Waals surface area contributed by atoms with Gasteiger partial charge in [0.25, 0.3) is 0 Å². The highest BCUT2D eigenvalue weighted by atomic mass is 32.2. The van der Waals surface area contributed by atoms with Crippen molar-refractivity contribution in [1.82, 2.24) is 15.0 Å². The van der Waals surface area contributed by atoms with Gasteiger partial charge in [-0.25, -0.2) is 8.42 Å². The Balaban J connectivity index is 1.60. The molecule has 2 fully saturated rings. The van der Waals surface area contributed by atoms with Crippen molar-refractivity contribution in [1.29, 1.82) is 0 Å². The first kappa shape index (κ1) is 17.2. The number of sulfone groups is 1. The number of nitrogens with zero attached hydrogens (tertiary/aromatic N) is 3. The van der Waals surface area contributed by atoms with Crippen LogP contribution in [0.3, 0.4) is 0 Å². The molecule has 7 nitrogen and oxygen atoms in total. The molecule has 2 saturated heterocycles. The third-order valence-electron chi connectivity index (χ3n) is 5.30. The van der Waals surface area contributed by atoms with Gasteiger partial charge in [0.05, 0.1) is 23.3 Å². The number of hydrogen-bond donors (Lipinski definition) is 0. The Morgan fingerprint density at radius 2 is 1.92 bits per heavy atom. The molecule has 0 spiro atoms. The van der Waals surface area contributed by atoms with E-state index in [4.69, 9.17) is 4.52 Å². The van der Waals surface area contributed by atoms with E-state index in [1.165, 1.54) is 0 Å². The van der Waals surface area contributed by atoms with Crippen LogP contribution in [0.15, 0.2) is 34.9 Å². The SMILES string of the molecule is Cc1noc(C2CN(C(=O)C3CCS(=O)(=O)C3)CC2c2ccccc2)n1. The Kier molecular flexibility index (Phi) is 4.30. The summed E-state index contributed by atoms with van der Waals surface area (Å²) in [6.45, 7) is 2.77. The van der Waals surface area contributed by atoms with E-state index in [2.05, 4.69) is 10.1 Å². The van der Waals surface area contributed by atoms with Gasteiger partial charge in [-0.15, -0.1) is 0 Å². The standard InChI is InChI=1S/C18H21N3O4S/c1-12-19-17(25-20-12)16-10-21(9-15(16)13-5-3-2-4-6-13)18(22)14-7-8-26(23,24)11-14/h2-6,14-16H,7-11H2,1H3. The molecule has 0 aliphatic carbocycles. The van der Waals surface area contributed by atoms with Crippen LogP contribution in [0.5, 0.6) is 0 Å². The number of carbonyl (C=O) groups is 1. The second-order valence-electron chi connectivity index (χ2n) is 7.15. The summed E-state index contributed by atoms with van der Waals surface area (Å²) in [4.78, 5) is 19.0. The smallest absolute Gasteiger partial charge is 0.232 e. The highest BCUT2D eigenvalue weighted by Crippen LogP contribution is 2.40. The third kappa shape index (κ3) is 3.25. The van der Waals surface area contributed by atoms with Crippen molar-refractivity contribution in [3.8, 4) is 0 Å². The van der Waals surface area contributed by atoms with E-state index in [1.54, 1.807) is 11.8 Å². The van der Waals surface area contributed by atoms with Gasteiger partial charge in [0.2, 0.25) is 11.8 Å². The van der Waals surface area contributed by atoms with Gasteiger partial charge in [-0.2, -0.15) is 4.98 Å². The lowest BCUT2D eigenvalue weighted by atomic mass is 9.89. The first-order valence-corrected chi connectivity index (χ1v) is 10.6. The van der Waals surface area contributed by atoms with Gasteiger partial charge >= 0.3 is 0 Å². The van der Waals surface area contributed by atoms with Crippen LogP contribution in [0.4, 0.5) is 0 Å². The topological polar surface area (TPSA) is 93.4 Å². The summed E-state index contributed by atoms with van der Waals surface area (Å²) >= 11 is 0. The second-order valence-corrected chi connectivity index (χ2v) is 9.38. The van der Waals surface area contributed by atoms with Crippen LogP contribution in [-0.2, 0) is 14.6 Å². The predicted molar refractivity (Wildman–Crippen MR) is 94.3 cm³/mol. The Bertz CT molecular complexity index is 910. The van der Waals surface area contributed by atoms with Crippen LogP contribution in [-0.4, -0.2) is 54.0 Å². The van der Waals surface area contributed by atoms with E-state index in [9.17, 15) is 13.2 Å². The number of aromatic nitrogens is 2. The number of carbonyl (C=O) groups excluding carboxylic acids is 1. The normalized spacial score (nSPS) is 27.7. The molecule has 26 heavy (non-hydrogen) atoms. The molecule has 8 heteroatoms. The lowest BCUT2D eigenvalue weighted by Crippen LogP contribution is -2.35. The monoisotopic (exact) mass is 375 g/mol. The first-order valence-electron chi connectivity index (χ1n) is 8.77. The van der Waals surface area contributed by atoms with Crippen LogP contribution >= 0.6 is 0 Å². The van der Waals surface area contributed by atoms with Crippen molar-refractivity contribution in [2.24, 2.45) is 5.92 Å². The molecule has 3 heterocycles. The van der Waals surface area contributed by atoms with E-state index in [-0.39, 0.29) is 29.2 Å². The maximum atomic E-state index is 12.9. The average Bonchev–Trinajstić information content (AvgIpc) is 3.33. The molecule has 0 saturated carbocycles. The zero-order chi connectivity index (χ0) is 18.3. The van der Waals surface area contributed by atoms with Gasteiger partial charge in [0.15, 0.2) is 15.7 Å². The number of amides is 1. The van der Waals surface area contributed by atoms with E-state index in [0.29, 0.717) is 31.2 Å². The Morgan fingerprint density at radius 3 is 2.54 bits per heavy atom. The molecule has 1 amide bonds. The van der Waals surface area contributed by atoms with Crippen molar-refractivity contribution in [3.63, 3.8) is 0 Å². The van der Waals surface area contributed by atoms with Crippen LogP contribution in [0.1, 0.15) is 35.5 Å². The molecule has 1 aromatic heterocycles. The number of likely N-dealkylation sites (tertiary alicyclic amines) is 1. The summed E-state index contributed by atoms with van der Waals surface area (Å²) in [6.07, 6.45) is 0.415. The zero-order valence-corrected chi connectivity index (χ0v) is 15.4. The fourth-order valence-corrected chi connectivity index (χ4v) is 5.72. The van der Waals surface area contributed by atoms with E-state index < -0.39 is 15.8 Å². The maximum Gasteiger partial charge on any atom is 0.232 e. The minimum absolute atomic E-state index is 0.0390. The Hall–Kier alpha value is -2.22. The highest BCUT2D eigenvalue weighted by molar-refractivity contribution is 7.91. The molecular weight excluding hydrogens is 354 g/mol. The van der Waals surface area contributed by atoms with E-state index in [0.717, 1.165) is 5.56 Å². The van der Waals surface area contributed by atoms with Crippen LogP contribution < -0.4 is 0 Å². The molecule has 2 aliphatic heterocycles. The van der Waals surface area contributed by atoms with Crippen molar-refractivity contribution in [2.45, 2.75) is 25.2 Å². The highest BCUT2D eigenvalue weighted by Gasteiger charge is 2.43. The van der Waals surface area contributed by atoms with Gasteiger partial charge in [0, 0.05) is 19.0 Å². The van der Waals surface area contributed by atoms with Gasteiger partial charge in [-0.1, -0.05) is 35.5 Å². The molecule has 0 radical (unpaired) electrons. The Labute approximate surface area is 152 Å². The fourth-order valence-electron chi connectivity index (χ4n) is 3.98. The summed E-state index contributed by atoms with van der Waals surface area (Å²) in [5, 5.41) is 3.89. The van der Waals surface area contributed by atoms with Crippen molar-refractivity contribution >= 4 is 15.7 Å². The minimum Gasteiger partial charge on any atom is -0.341 e. The molecule has 0 bridgehead atoms. The van der Waals surface area contributed by atoms with Gasteiger partial charge in [-0.3, -0.25) is 4.79 Å². The van der Waals surface area contributed by atoms with Crippen molar-refractivity contribution in [3.05, 3.63) is 47.6 Å². The lowest BCUT2D eigenvalue weighted by molar-refractivity contribution is -0.133. The number of hydrogen-bond acceptors (Lipinski definition) is 6. The maximum absolute atomic E-state index is 12.9. The van der Waals surface area contributed by atoms with Crippen LogP contribution in [0, 0.1) is 12.8 Å². The molecule has 2 aliphatic rings. The van der Waals surface area contributed by atoms with Crippen LogP contribution in [0.25, 0.3) is 0 Å². The summed E-state index contributed by atoms with van der Waals surface area (Å²) in [5.74, 6) is 0.627. The Morgan fingerprint density at radius 1 is 1.19 bits per heavy atom. The number of benzene rings is 1. The average molecular weight is 375 g/mol. The summed E-state index contributed by atoms with van der Waals surface area (Å²) < 4.78 is 28.9. The largest absolute Gasteiger partial charge is 0.341 e. The van der Waals surface area contributed by atoms with Gasteiger partial charge < -0.3 is 9.42 Å². The van der Waals surface area contributed by atoms with E-state index >= 15 is 0 Å². The predicted octanol–water partition coefficient (Wildman–Crippen LogP) is 1.52. The number of rotatable bonds is 3. The molecule has 3 atom stereocenters. The lowest BCUT2D eigenvalue weighted by Gasteiger charge is -2.19. The second kappa shape index (κ2) is 6.50.